The van der Waals surface area contributed by atoms with Crippen molar-refractivity contribution in [2.24, 2.45) is 0 Å². The van der Waals surface area contributed by atoms with Gasteiger partial charge in [-0.2, -0.15) is 0 Å². The lowest BCUT2D eigenvalue weighted by atomic mass is 9.96. The number of anilines is 1. The first-order valence-electron chi connectivity index (χ1n) is 7.96. The Morgan fingerprint density at radius 2 is 1.80 bits per heavy atom. The summed E-state index contributed by atoms with van der Waals surface area (Å²) in [5.41, 5.74) is 2.37. The molecule has 2 amide bonds. The lowest BCUT2D eigenvalue weighted by molar-refractivity contribution is -0.160. The fraction of sp³-hybridized carbons (Fsp3) is 0.263. The van der Waals surface area contributed by atoms with Gasteiger partial charge in [-0.15, -0.1) is 0 Å². The van der Waals surface area contributed by atoms with Crippen molar-refractivity contribution in [2.75, 3.05) is 19.0 Å². The maximum absolute atomic E-state index is 13.0. The Balaban J connectivity index is 1.85. The van der Waals surface area contributed by atoms with Crippen LogP contribution < -0.4 is 5.32 Å². The van der Waals surface area contributed by atoms with Crippen molar-refractivity contribution in [3.8, 4) is 0 Å². The van der Waals surface area contributed by atoms with Gasteiger partial charge in [0.1, 0.15) is 12.4 Å². The Morgan fingerprint density at radius 3 is 2.44 bits per heavy atom. The zero-order chi connectivity index (χ0) is 18.0. The largest absolute Gasteiger partial charge is 0.356 e. The summed E-state index contributed by atoms with van der Waals surface area (Å²) in [7, 11) is 1.66. The van der Waals surface area contributed by atoms with Gasteiger partial charge in [-0.1, -0.05) is 29.8 Å². The predicted molar refractivity (Wildman–Crippen MR) is 91.5 cm³/mol. The number of amides is 2. The number of carbonyl (C=O) groups is 2. The smallest absolute Gasteiger partial charge is 0.256 e. The Labute approximate surface area is 145 Å². The van der Waals surface area contributed by atoms with Crippen LogP contribution in [0.15, 0.2) is 48.5 Å². The van der Waals surface area contributed by atoms with E-state index in [9.17, 15) is 14.0 Å². The molecule has 1 aliphatic rings. The van der Waals surface area contributed by atoms with Crippen molar-refractivity contribution in [1.29, 1.82) is 0 Å². The molecule has 2 atom stereocenters. The molecule has 1 N–H and O–H groups in total. The van der Waals surface area contributed by atoms with Crippen LogP contribution in [0.2, 0.25) is 0 Å². The lowest BCUT2D eigenvalue weighted by Gasteiger charge is -2.38. The van der Waals surface area contributed by atoms with Crippen LogP contribution in [0, 0.1) is 12.7 Å². The number of morpholine rings is 1. The highest BCUT2D eigenvalue weighted by atomic mass is 19.1. The minimum absolute atomic E-state index is 0.152. The summed E-state index contributed by atoms with van der Waals surface area (Å²) in [6.07, 6.45) is -0.851. The molecule has 130 valence electrons. The molecule has 2 aromatic carbocycles. The van der Waals surface area contributed by atoms with Crippen molar-refractivity contribution in [3.05, 3.63) is 65.5 Å². The van der Waals surface area contributed by atoms with Gasteiger partial charge in [-0.3, -0.25) is 9.59 Å². The summed E-state index contributed by atoms with van der Waals surface area (Å²) in [4.78, 5) is 26.3. The van der Waals surface area contributed by atoms with Gasteiger partial charge >= 0.3 is 0 Å². The van der Waals surface area contributed by atoms with Crippen molar-refractivity contribution in [2.45, 2.75) is 19.1 Å². The van der Waals surface area contributed by atoms with E-state index in [1.54, 1.807) is 7.05 Å². The quantitative estimate of drug-likeness (QED) is 0.933. The molecule has 0 saturated carbocycles. The Hall–Kier alpha value is -2.73. The molecule has 1 aliphatic heterocycles. The minimum Gasteiger partial charge on any atom is -0.356 e. The Kier molecular flexibility index (Phi) is 4.81. The first-order chi connectivity index (χ1) is 12.0. The van der Waals surface area contributed by atoms with Gasteiger partial charge in [-0.25, -0.2) is 4.39 Å². The topological polar surface area (TPSA) is 58.6 Å². The van der Waals surface area contributed by atoms with Crippen molar-refractivity contribution >= 4 is 17.5 Å². The lowest BCUT2D eigenvalue weighted by Crippen LogP contribution is -2.51. The fourth-order valence-corrected chi connectivity index (χ4v) is 2.84. The fourth-order valence-electron chi connectivity index (χ4n) is 2.84. The van der Waals surface area contributed by atoms with Gasteiger partial charge in [0.25, 0.3) is 5.91 Å². The number of carbonyl (C=O) groups excluding carboxylic acids is 2. The number of nitrogens with one attached hydrogen (secondary N) is 1. The van der Waals surface area contributed by atoms with E-state index in [4.69, 9.17) is 4.74 Å². The second kappa shape index (κ2) is 7.03. The van der Waals surface area contributed by atoms with Gasteiger partial charge < -0.3 is 15.0 Å². The number of nitrogens with zero attached hydrogens (tertiary/aromatic N) is 1. The SMILES string of the molecule is Cc1ccc([C@@H]2[C@@H](C(=O)Nc3ccc(F)cc3)OCC(=O)N2C)cc1. The monoisotopic (exact) mass is 342 g/mol. The Morgan fingerprint density at radius 1 is 1.16 bits per heavy atom. The molecule has 0 aromatic heterocycles. The summed E-state index contributed by atoms with van der Waals surface area (Å²) in [6.45, 7) is 1.81. The second-order valence-electron chi connectivity index (χ2n) is 6.09. The molecule has 2 aromatic rings. The van der Waals surface area contributed by atoms with E-state index in [0.717, 1.165) is 11.1 Å². The van der Waals surface area contributed by atoms with Gasteiger partial charge in [0.2, 0.25) is 5.91 Å². The minimum atomic E-state index is -0.851. The van der Waals surface area contributed by atoms with Gasteiger partial charge in [0.15, 0.2) is 6.10 Å². The van der Waals surface area contributed by atoms with Crippen molar-refractivity contribution < 1.29 is 18.7 Å². The highest BCUT2D eigenvalue weighted by Gasteiger charge is 2.40. The summed E-state index contributed by atoms with van der Waals surface area (Å²) >= 11 is 0. The molecule has 0 spiro atoms. The van der Waals surface area contributed by atoms with Crippen LogP contribution in [0.25, 0.3) is 0 Å². The summed E-state index contributed by atoms with van der Waals surface area (Å²) in [5, 5.41) is 2.72. The average molecular weight is 342 g/mol. The third-order valence-electron chi connectivity index (χ3n) is 4.27. The number of aryl methyl sites for hydroxylation is 1. The molecule has 25 heavy (non-hydrogen) atoms. The highest BCUT2D eigenvalue weighted by Crippen LogP contribution is 2.30. The van der Waals surface area contributed by atoms with Crippen molar-refractivity contribution in [3.63, 3.8) is 0 Å². The highest BCUT2D eigenvalue weighted by molar-refractivity contribution is 5.96. The number of ether oxygens (including phenoxy) is 1. The van der Waals surface area contributed by atoms with Crippen LogP contribution >= 0.6 is 0 Å². The molecule has 0 radical (unpaired) electrons. The van der Waals surface area contributed by atoms with Crippen LogP contribution in [-0.2, 0) is 14.3 Å². The number of halogens is 1. The molecule has 0 bridgehead atoms. The summed E-state index contributed by atoms with van der Waals surface area (Å²) in [5.74, 6) is -0.942. The molecule has 0 unspecified atom stereocenters. The van der Waals surface area contributed by atoms with E-state index in [-0.39, 0.29) is 24.2 Å². The third kappa shape index (κ3) is 3.69. The summed E-state index contributed by atoms with van der Waals surface area (Å²) < 4.78 is 18.5. The molecule has 1 fully saturated rings. The van der Waals surface area contributed by atoms with E-state index < -0.39 is 12.1 Å². The maximum Gasteiger partial charge on any atom is 0.256 e. The van der Waals surface area contributed by atoms with Crippen LogP contribution in [0.1, 0.15) is 17.2 Å². The van der Waals surface area contributed by atoms with Crippen LogP contribution in [0.3, 0.4) is 0 Å². The first-order valence-corrected chi connectivity index (χ1v) is 7.96. The van der Waals surface area contributed by atoms with E-state index >= 15 is 0 Å². The number of rotatable bonds is 3. The Bertz CT molecular complexity index is 774. The molecule has 1 heterocycles. The third-order valence-corrected chi connectivity index (χ3v) is 4.27. The van der Waals surface area contributed by atoms with E-state index in [1.807, 2.05) is 31.2 Å². The van der Waals surface area contributed by atoms with E-state index in [0.29, 0.717) is 5.69 Å². The standard InChI is InChI=1S/C19H19FN2O3/c1-12-3-5-13(6-4-12)17-18(25-11-16(23)22(17)2)19(24)21-15-9-7-14(20)8-10-15/h3-10,17-18H,11H2,1-2H3,(H,21,24)/t17-,18+/m1/s1. The zero-order valence-corrected chi connectivity index (χ0v) is 14.0. The number of hydrogen-bond acceptors (Lipinski definition) is 3. The normalized spacial score (nSPS) is 20.4. The first kappa shape index (κ1) is 17.1. The number of hydrogen-bond donors (Lipinski definition) is 1. The second-order valence-corrected chi connectivity index (χ2v) is 6.09. The van der Waals surface area contributed by atoms with E-state index in [1.165, 1.54) is 29.2 Å². The molecule has 0 aliphatic carbocycles. The van der Waals surface area contributed by atoms with E-state index in [2.05, 4.69) is 5.32 Å². The van der Waals surface area contributed by atoms with Crippen molar-refractivity contribution in [1.82, 2.24) is 4.90 Å². The summed E-state index contributed by atoms with van der Waals surface area (Å²) in [6, 6.07) is 12.6. The maximum atomic E-state index is 13.0. The van der Waals surface area contributed by atoms with Crippen LogP contribution in [0.4, 0.5) is 10.1 Å². The van der Waals surface area contributed by atoms with Gasteiger partial charge in [0, 0.05) is 12.7 Å². The molecular weight excluding hydrogens is 323 g/mol. The zero-order valence-electron chi connectivity index (χ0n) is 14.0. The van der Waals surface area contributed by atoms with Crippen LogP contribution in [0.5, 0.6) is 0 Å². The predicted octanol–water partition coefficient (Wildman–Crippen LogP) is 2.67. The average Bonchev–Trinajstić information content (AvgIpc) is 2.60. The van der Waals surface area contributed by atoms with Gasteiger partial charge in [-0.05, 0) is 36.8 Å². The molecule has 5 nitrogen and oxygen atoms in total. The number of benzene rings is 2. The van der Waals surface area contributed by atoms with Gasteiger partial charge in [0.05, 0.1) is 6.04 Å². The molecule has 3 rings (SSSR count). The molecular formula is C19H19FN2O3. The number of likely N-dealkylation sites (N-methyl/N-ethyl adjacent to an activating group) is 1. The molecule has 1 saturated heterocycles. The molecule has 6 heteroatoms. The van der Waals surface area contributed by atoms with Crippen LogP contribution in [-0.4, -0.2) is 36.5 Å².